The lowest BCUT2D eigenvalue weighted by molar-refractivity contribution is -0.144. The van der Waals surface area contributed by atoms with E-state index in [0.717, 1.165) is 29.7 Å². The van der Waals surface area contributed by atoms with Gasteiger partial charge in [-0.05, 0) is 25.8 Å². The fourth-order valence-electron chi connectivity index (χ4n) is 3.48. The van der Waals surface area contributed by atoms with Crippen molar-refractivity contribution in [2.45, 2.75) is 47.1 Å². The molecule has 0 aromatic heterocycles. The van der Waals surface area contributed by atoms with Crippen LogP contribution in [0.15, 0.2) is 18.2 Å². The number of hydrogen-bond acceptors (Lipinski definition) is 3. The number of carbonyl (C=O) groups is 2. The molecule has 1 aliphatic rings. The Kier molecular flexibility index (Phi) is 6.32. The third kappa shape index (κ3) is 4.77. The van der Waals surface area contributed by atoms with Gasteiger partial charge in [-0.15, -0.1) is 0 Å². The SMILES string of the molecule is COc1ccc(C)cc1CN(C)C(=O)C1CCN(C(=O)C(C)(C)C)CC1. The number of benzene rings is 1. The third-order valence-electron chi connectivity index (χ3n) is 4.99. The molecule has 1 saturated heterocycles. The zero-order valence-electron chi connectivity index (χ0n) is 17.0. The first-order valence-electron chi connectivity index (χ1n) is 9.31. The van der Waals surface area contributed by atoms with Crippen LogP contribution in [-0.2, 0) is 16.1 Å². The van der Waals surface area contributed by atoms with Gasteiger partial charge in [-0.1, -0.05) is 38.5 Å². The fraction of sp³-hybridized carbons (Fsp3) is 0.619. The van der Waals surface area contributed by atoms with E-state index in [2.05, 4.69) is 6.07 Å². The van der Waals surface area contributed by atoms with Crippen LogP contribution in [0.5, 0.6) is 5.75 Å². The van der Waals surface area contributed by atoms with Crippen molar-refractivity contribution in [2.24, 2.45) is 11.3 Å². The molecule has 2 rings (SSSR count). The maximum atomic E-state index is 12.8. The van der Waals surface area contributed by atoms with E-state index in [9.17, 15) is 9.59 Å². The summed E-state index contributed by atoms with van der Waals surface area (Å²) in [7, 11) is 3.49. The van der Waals surface area contributed by atoms with Gasteiger partial charge in [0, 0.05) is 43.6 Å². The molecule has 0 radical (unpaired) electrons. The average Bonchev–Trinajstić information content (AvgIpc) is 2.60. The molecule has 5 heteroatoms. The number of aryl methyl sites for hydroxylation is 1. The number of amides is 2. The maximum absolute atomic E-state index is 12.8. The first-order valence-corrected chi connectivity index (χ1v) is 9.31. The van der Waals surface area contributed by atoms with Gasteiger partial charge in [-0.2, -0.15) is 0 Å². The third-order valence-corrected chi connectivity index (χ3v) is 4.99. The first kappa shape index (κ1) is 20.3. The molecule has 0 unspecified atom stereocenters. The van der Waals surface area contributed by atoms with Crippen molar-refractivity contribution in [3.05, 3.63) is 29.3 Å². The van der Waals surface area contributed by atoms with Gasteiger partial charge in [0.2, 0.25) is 11.8 Å². The number of ether oxygens (including phenoxy) is 1. The van der Waals surface area contributed by atoms with Gasteiger partial charge in [0.05, 0.1) is 7.11 Å². The highest BCUT2D eigenvalue weighted by atomic mass is 16.5. The van der Waals surface area contributed by atoms with E-state index in [0.29, 0.717) is 19.6 Å². The highest BCUT2D eigenvalue weighted by Crippen LogP contribution is 2.26. The van der Waals surface area contributed by atoms with Gasteiger partial charge in [0.15, 0.2) is 0 Å². The summed E-state index contributed by atoms with van der Waals surface area (Å²) in [6, 6.07) is 6.01. The first-order chi connectivity index (χ1) is 12.1. The lowest BCUT2D eigenvalue weighted by Gasteiger charge is -2.36. The predicted octanol–water partition coefficient (Wildman–Crippen LogP) is 3.25. The van der Waals surface area contributed by atoms with E-state index < -0.39 is 0 Å². The van der Waals surface area contributed by atoms with Gasteiger partial charge in [-0.3, -0.25) is 9.59 Å². The summed E-state index contributed by atoms with van der Waals surface area (Å²) in [4.78, 5) is 28.9. The Morgan fingerprint density at radius 2 is 1.85 bits per heavy atom. The largest absolute Gasteiger partial charge is 0.496 e. The van der Waals surface area contributed by atoms with Crippen LogP contribution in [0.2, 0.25) is 0 Å². The Bertz CT molecular complexity index is 656. The number of nitrogens with zero attached hydrogens (tertiary/aromatic N) is 2. The number of carbonyl (C=O) groups excluding carboxylic acids is 2. The Labute approximate surface area is 157 Å². The monoisotopic (exact) mass is 360 g/mol. The number of likely N-dealkylation sites (tertiary alicyclic amines) is 1. The summed E-state index contributed by atoms with van der Waals surface area (Å²) in [5, 5.41) is 0. The Morgan fingerprint density at radius 3 is 2.38 bits per heavy atom. The van der Waals surface area contributed by atoms with Crippen molar-refractivity contribution < 1.29 is 14.3 Å². The normalized spacial score (nSPS) is 15.7. The summed E-state index contributed by atoms with van der Waals surface area (Å²) in [6.07, 6.45) is 1.46. The lowest BCUT2D eigenvalue weighted by Crippen LogP contribution is -2.46. The molecule has 26 heavy (non-hydrogen) atoms. The fourth-order valence-corrected chi connectivity index (χ4v) is 3.48. The van der Waals surface area contributed by atoms with Crippen molar-refractivity contribution in [3.63, 3.8) is 0 Å². The van der Waals surface area contributed by atoms with E-state index in [-0.39, 0.29) is 23.1 Å². The van der Waals surface area contributed by atoms with E-state index >= 15 is 0 Å². The Balaban J connectivity index is 1.96. The van der Waals surface area contributed by atoms with Crippen LogP contribution in [0.3, 0.4) is 0 Å². The lowest BCUT2D eigenvalue weighted by atomic mass is 9.90. The van der Waals surface area contributed by atoms with E-state index in [1.807, 2.05) is 51.8 Å². The molecule has 2 amide bonds. The molecular weight excluding hydrogens is 328 g/mol. The minimum absolute atomic E-state index is 0.0141. The van der Waals surface area contributed by atoms with Crippen LogP contribution in [0.1, 0.15) is 44.7 Å². The molecule has 1 aromatic rings. The molecule has 5 nitrogen and oxygen atoms in total. The number of hydrogen-bond donors (Lipinski definition) is 0. The van der Waals surface area contributed by atoms with Gasteiger partial charge in [0.1, 0.15) is 5.75 Å². The molecule has 0 atom stereocenters. The highest BCUT2D eigenvalue weighted by Gasteiger charge is 2.33. The molecular formula is C21H32N2O3. The predicted molar refractivity (Wildman–Crippen MR) is 103 cm³/mol. The number of rotatable bonds is 4. The van der Waals surface area contributed by atoms with Crippen LogP contribution in [-0.4, -0.2) is 48.9 Å². The van der Waals surface area contributed by atoms with Crippen molar-refractivity contribution in [1.82, 2.24) is 9.80 Å². The summed E-state index contributed by atoms with van der Waals surface area (Å²) >= 11 is 0. The molecule has 1 aliphatic heterocycles. The zero-order valence-corrected chi connectivity index (χ0v) is 17.0. The van der Waals surface area contributed by atoms with E-state index in [4.69, 9.17) is 4.74 Å². The van der Waals surface area contributed by atoms with Crippen LogP contribution >= 0.6 is 0 Å². The van der Waals surface area contributed by atoms with Crippen molar-refractivity contribution in [2.75, 3.05) is 27.2 Å². The second kappa shape index (κ2) is 8.11. The smallest absolute Gasteiger partial charge is 0.227 e. The van der Waals surface area contributed by atoms with Crippen LogP contribution in [0, 0.1) is 18.3 Å². The van der Waals surface area contributed by atoms with Crippen molar-refractivity contribution in [1.29, 1.82) is 0 Å². The van der Waals surface area contributed by atoms with Crippen molar-refractivity contribution >= 4 is 11.8 Å². The summed E-state index contributed by atoms with van der Waals surface area (Å²) in [5.74, 6) is 1.11. The highest BCUT2D eigenvalue weighted by molar-refractivity contribution is 5.82. The quantitative estimate of drug-likeness (QED) is 0.828. The molecule has 0 N–H and O–H groups in total. The molecule has 1 aromatic carbocycles. The standard InChI is InChI=1S/C21H32N2O3/c1-15-7-8-18(26-6)17(13-15)14-22(5)19(24)16-9-11-23(12-10-16)20(25)21(2,3)4/h7-8,13,16H,9-12,14H2,1-6H3. The van der Waals surface area contributed by atoms with Crippen LogP contribution in [0.25, 0.3) is 0 Å². The topological polar surface area (TPSA) is 49.9 Å². The zero-order chi connectivity index (χ0) is 19.5. The molecule has 0 spiro atoms. The Hall–Kier alpha value is -2.04. The van der Waals surface area contributed by atoms with E-state index in [1.54, 1.807) is 12.0 Å². The molecule has 0 aliphatic carbocycles. The van der Waals surface area contributed by atoms with Gasteiger partial charge < -0.3 is 14.5 Å². The molecule has 1 fully saturated rings. The molecule has 144 valence electrons. The van der Waals surface area contributed by atoms with Crippen molar-refractivity contribution in [3.8, 4) is 5.75 Å². The minimum atomic E-state index is -0.366. The minimum Gasteiger partial charge on any atom is -0.496 e. The second-order valence-corrected chi connectivity index (χ2v) is 8.33. The van der Waals surface area contributed by atoms with E-state index in [1.165, 1.54) is 0 Å². The molecule has 1 heterocycles. The molecule has 0 bridgehead atoms. The number of methoxy groups -OCH3 is 1. The van der Waals surface area contributed by atoms with Crippen LogP contribution in [0.4, 0.5) is 0 Å². The summed E-state index contributed by atoms with van der Waals surface area (Å²) < 4.78 is 5.42. The maximum Gasteiger partial charge on any atom is 0.227 e. The van der Waals surface area contributed by atoms with Gasteiger partial charge in [-0.25, -0.2) is 0 Å². The number of piperidine rings is 1. The summed E-state index contributed by atoms with van der Waals surface area (Å²) in [5.41, 5.74) is 1.80. The van der Waals surface area contributed by atoms with Gasteiger partial charge >= 0.3 is 0 Å². The average molecular weight is 360 g/mol. The molecule has 0 saturated carbocycles. The Morgan fingerprint density at radius 1 is 1.23 bits per heavy atom. The second-order valence-electron chi connectivity index (χ2n) is 8.33. The summed E-state index contributed by atoms with van der Waals surface area (Å²) in [6.45, 7) is 9.71. The van der Waals surface area contributed by atoms with Gasteiger partial charge in [0.25, 0.3) is 0 Å². The van der Waals surface area contributed by atoms with Crippen LogP contribution < -0.4 is 4.74 Å².